The van der Waals surface area contributed by atoms with Gasteiger partial charge in [-0.15, -0.1) is 0 Å². The van der Waals surface area contributed by atoms with E-state index in [2.05, 4.69) is 4.72 Å². The van der Waals surface area contributed by atoms with Crippen LogP contribution in [-0.2, 0) is 39.0 Å². The maximum absolute atomic E-state index is 12.7. The van der Waals surface area contributed by atoms with Gasteiger partial charge >= 0.3 is 5.69 Å². The van der Waals surface area contributed by atoms with Gasteiger partial charge in [0, 0.05) is 26.8 Å². The molecule has 29 heavy (non-hydrogen) atoms. The normalized spacial score (nSPS) is 12.6. The molecular weight excluding hydrogens is 420 g/mol. The summed E-state index contributed by atoms with van der Waals surface area (Å²) in [5.41, 5.74) is 1.00. The lowest BCUT2D eigenvalue weighted by atomic mass is 10.3. The number of nitrogens with zero attached hydrogens (tertiary/aromatic N) is 3. The number of rotatable bonds is 6. The number of anilines is 1. The van der Waals surface area contributed by atoms with Gasteiger partial charge in [0.05, 0.1) is 27.9 Å². The van der Waals surface area contributed by atoms with Gasteiger partial charge in [0.2, 0.25) is 0 Å². The Hall–Kier alpha value is -2.67. The number of sulfonamides is 2. The van der Waals surface area contributed by atoms with E-state index in [4.69, 9.17) is 4.84 Å². The van der Waals surface area contributed by atoms with Gasteiger partial charge in [0.1, 0.15) is 0 Å². The summed E-state index contributed by atoms with van der Waals surface area (Å²) in [4.78, 5) is 16.6. The molecule has 1 N–H and O–H groups in total. The Labute approximate surface area is 168 Å². The molecule has 0 saturated heterocycles. The summed E-state index contributed by atoms with van der Waals surface area (Å²) in [6, 6.07) is 9.58. The van der Waals surface area contributed by atoms with E-state index < -0.39 is 20.0 Å². The van der Waals surface area contributed by atoms with E-state index in [-0.39, 0.29) is 21.2 Å². The summed E-state index contributed by atoms with van der Waals surface area (Å²) in [5.74, 6) is 0. The molecule has 0 fully saturated rings. The summed E-state index contributed by atoms with van der Waals surface area (Å²) in [5, 5.41) is 0. The average Bonchev–Trinajstić information content (AvgIpc) is 2.91. The SMILES string of the molecule is CON(C)S(=O)(=O)c1ccc(NS(=O)(=O)c2ccc3c(c2)n(C)c(=O)n3C)cc1. The van der Waals surface area contributed by atoms with Gasteiger partial charge < -0.3 is 0 Å². The summed E-state index contributed by atoms with van der Waals surface area (Å²) in [6.45, 7) is 0. The molecule has 0 aliphatic rings. The number of nitrogens with one attached hydrogen (secondary N) is 1. The zero-order chi connectivity index (χ0) is 21.6. The molecule has 0 saturated carbocycles. The van der Waals surface area contributed by atoms with Gasteiger partial charge in [-0.05, 0) is 42.5 Å². The van der Waals surface area contributed by atoms with Crippen molar-refractivity contribution >= 4 is 36.8 Å². The highest BCUT2D eigenvalue weighted by Crippen LogP contribution is 2.22. The predicted molar refractivity (Wildman–Crippen MR) is 107 cm³/mol. The number of imidazole rings is 1. The standard InChI is InChI=1S/C17H20N4O6S2/c1-19-15-10-9-14(11-16(15)20(2)17(19)22)28(23,24)18-12-5-7-13(8-6-12)29(25,26)21(3)27-4/h5-11,18H,1-4H3. The quantitative estimate of drug-likeness (QED) is 0.568. The van der Waals surface area contributed by atoms with Crippen molar-refractivity contribution in [2.75, 3.05) is 18.9 Å². The summed E-state index contributed by atoms with van der Waals surface area (Å²) in [6.07, 6.45) is 0. The van der Waals surface area contributed by atoms with Crippen LogP contribution < -0.4 is 10.4 Å². The molecule has 0 aliphatic carbocycles. The van der Waals surface area contributed by atoms with Crippen LogP contribution in [0.2, 0.25) is 0 Å². The fourth-order valence-corrected chi connectivity index (χ4v) is 4.86. The first-order valence-corrected chi connectivity index (χ1v) is 11.2. The second-order valence-corrected chi connectivity index (χ2v) is 9.90. The molecule has 0 radical (unpaired) electrons. The lowest BCUT2D eigenvalue weighted by Gasteiger charge is -2.14. The Morgan fingerprint density at radius 1 is 0.897 bits per heavy atom. The lowest BCUT2D eigenvalue weighted by molar-refractivity contribution is -0.0258. The van der Waals surface area contributed by atoms with E-state index in [1.807, 2.05) is 0 Å². The van der Waals surface area contributed by atoms with E-state index in [1.165, 1.54) is 59.7 Å². The van der Waals surface area contributed by atoms with Crippen LogP contribution in [0.5, 0.6) is 0 Å². The summed E-state index contributed by atoms with van der Waals surface area (Å²) < 4.78 is 55.8. The van der Waals surface area contributed by atoms with Crippen LogP contribution in [0.25, 0.3) is 11.0 Å². The number of fused-ring (bicyclic) bond motifs is 1. The molecular formula is C17H20N4O6S2. The highest BCUT2D eigenvalue weighted by Gasteiger charge is 2.21. The monoisotopic (exact) mass is 440 g/mol. The first-order valence-electron chi connectivity index (χ1n) is 8.30. The second-order valence-electron chi connectivity index (χ2n) is 6.28. The number of aryl methyl sites for hydroxylation is 2. The molecule has 1 aromatic heterocycles. The maximum atomic E-state index is 12.7. The van der Waals surface area contributed by atoms with Gasteiger partial charge in [0.15, 0.2) is 0 Å². The average molecular weight is 441 g/mol. The van der Waals surface area contributed by atoms with Crippen LogP contribution in [0.4, 0.5) is 5.69 Å². The van der Waals surface area contributed by atoms with Crippen molar-refractivity contribution in [3.05, 3.63) is 52.9 Å². The fraction of sp³-hybridized carbons (Fsp3) is 0.235. The Balaban J connectivity index is 1.93. The van der Waals surface area contributed by atoms with E-state index in [0.29, 0.717) is 15.5 Å². The van der Waals surface area contributed by atoms with Crippen molar-refractivity contribution in [2.45, 2.75) is 9.79 Å². The summed E-state index contributed by atoms with van der Waals surface area (Å²) >= 11 is 0. The van der Waals surface area contributed by atoms with Crippen LogP contribution >= 0.6 is 0 Å². The smallest absolute Gasteiger partial charge is 0.295 e. The highest BCUT2D eigenvalue weighted by atomic mass is 32.2. The number of hydroxylamine groups is 1. The maximum Gasteiger partial charge on any atom is 0.328 e. The zero-order valence-electron chi connectivity index (χ0n) is 16.1. The minimum atomic E-state index is -3.95. The Morgan fingerprint density at radius 3 is 2.03 bits per heavy atom. The Morgan fingerprint density at radius 2 is 1.45 bits per heavy atom. The van der Waals surface area contributed by atoms with Crippen LogP contribution in [0.3, 0.4) is 0 Å². The third kappa shape index (κ3) is 3.67. The largest absolute Gasteiger partial charge is 0.328 e. The topological polar surface area (TPSA) is 120 Å². The lowest BCUT2D eigenvalue weighted by Crippen LogP contribution is -2.25. The Bertz CT molecular complexity index is 1340. The molecule has 156 valence electrons. The van der Waals surface area contributed by atoms with E-state index in [9.17, 15) is 21.6 Å². The van der Waals surface area contributed by atoms with Crippen LogP contribution in [0, 0.1) is 0 Å². The summed E-state index contributed by atoms with van der Waals surface area (Å²) in [7, 11) is -2.15. The molecule has 0 bridgehead atoms. The Kier molecular flexibility index (Phi) is 5.30. The molecule has 3 aromatic rings. The van der Waals surface area contributed by atoms with Gasteiger partial charge in [-0.3, -0.25) is 18.7 Å². The number of aromatic nitrogens is 2. The first-order chi connectivity index (χ1) is 13.5. The van der Waals surface area contributed by atoms with Crippen LogP contribution in [0.15, 0.2) is 57.1 Å². The second kappa shape index (κ2) is 7.30. The van der Waals surface area contributed by atoms with Gasteiger partial charge in [0.25, 0.3) is 20.0 Å². The van der Waals surface area contributed by atoms with Crippen molar-refractivity contribution in [2.24, 2.45) is 14.1 Å². The molecule has 3 rings (SSSR count). The van der Waals surface area contributed by atoms with E-state index >= 15 is 0 Å². The minimum absolute atomic E-state index is 0.0259. The molecule has 0 amide bonds. The van der Waals surface area contributed by atoms with Gasteiger partial charge in [-0.25, -0.2) is 21.6 Å². The molecule has 0 aliphatic heterocycles. The van der Waals surface area contributed by atoms with Crippen molar-refractivity contribution in [3.63, 3.8) is 0 Å². The van der Waals surface area contributed by atoms with Crippen molar-refractivity contribution < 1.29 is 21.7 Å². The zero-order valence-corrected chi connectivity index (χ0v) is 17.8. The number of hydrogen-bond acceptors (Lipinski definition) is 6. The fourth-order valence-electron chi connectivity index (χ4n) is 2.81. The van der Waals surface area contributed by atoms with Crippen molar-refractivity contribution in [1.82, 2.24) is 13.6 Å². The van der Waals surface area contributed by atoms with Crippen molar-refractivity contribution in [1.29, 1.82) is 0 Å². The van der Waals surface area contributed by atoms with Crippen LogP contribution in [0.1, 0.15) is 0 Å². The molecule has 0 atom stereocenters. The molecule has 12 heteroatoms. The number of hydrogen-bond donors (Lipinski definition) is 1. The molecule has 0 unspecified atom stereocenters. The van der Waals surface area contributed by atoms with Gasteiger partial charge in [-0.1, -0.05) is 4.47 Å². The van der Waals surface area contributed by atoms with Gasteiger partial charge in [-0.2, -0.15) is 0 Å². The van der Waals surface area contributed by atoms with E-state index in [0.717, 1.165) is 0 Å². The predicted octanol–water partition coefficient (Wildman–Crippen LogP) is 0.860. The van der Waals surface area contributed by atoms with E-state index in [1.54, 1.807) is 20.2 Å². The number of benzene rings is 2. The molecule has 1 heterocycles. The highest BCUT2D eigenvalue weighted by molar-refractivity contribution is 7.92. The van der Waals surface area contributed by atoms with Crippen LogP contribution in [-0.4, -0.2) is 44.6 Å². The third-order valence-corrected chi connectivity index (χ3v) is 7.63. The molecule has 0 spiro atoms. The molecule has 2 aromatic carbocycles. The molecule has 10 nitrogen and oxygen atoms in total. The third-order valence-electron chi connectivity index (χ3n) is 4.55. The van der Waals surface area contributed by atoms with Crippen molar-refractivity contribution in [3.8, 4) is 0 Å². The minimum Gasteiger partial charge on any atom is -0.295 e. The first kappa shape index (κ1) is 21.0.